The molecule has 0 fully saturated rings. The van der Waals surface area contributed by atoms with Crippen molar-refractivity contribution in [3.8, 4) is 5.75 Å². The Balaban J connectivity index is 1.86. The van der Waals surface area contributed by atoms with Crippen molar-refractivity contribution < 1.29 is 9.64 Å². The fraction of sp³-hybridized carbons (Fsp3) is 0.353. The largest absolute Gasteiger partial charge is 0.494 e. The molecule has 0 spiro atoms. The lowest BCUT2D eigenvalue weighted by Gasteiger charge is -2.21. The number of ether oxygens (including phenoxy) is 1. The highest BCUT2D eigenvalue weighted by Gasteiger charge is 2.18. The van der Waals surface area contributed by atoms with E-state index in [2.05, 4.69) is 42.2 Å². The topological polar surface area (TPSA) is 37.7 Å². The first-order valence-corrected chi connectivity index (χ1v) is 9.00. The van der Waals surface area contributed by atoms with Gasteiger partial charge in [0.2, 0.25) is 0 Å². The third-order valence-electron chi connectivity index (χ3n) is 3.47. The summed E-state index contributed by atoms with van der Waals surface area (Å²) in [7, 11) is 4.32. The molecule has 0 saturated carbocycles. The zero-order valence-electron chi connectivity index (χ0n) is 13.8. The first-order chi connectivity index (χ1) is 11.1. The number of thiocarbonyl (C=S) groups is 1. The van der Waals surface area contributed by atoms with Gasteiger partial charge in [-0.25, -0.2) is 0 Å². The molecule has 3 N–H and O–H groups in total. The maximum absolute atomic E-state index is 5.43. The number of likely N-dealkylation sites (N-methyl/N-ethyl adjacent to an activating group) is 1. The molecule has 124 valence electrons. The van der Waals surface area contributed by atoms with Gasteiger partial charge in [-0.15, -0.1) is 11.3 Å². The Bertz CT molecular complexity index is 597. The van der Waals surface area contributed by atoms with Crippen LogP contribution in [0.5, 0.6) is 5.75 Å². The molecule has 0 unspecified atom stereocenters. The second-order valence-corrected chi connectivity index (χ2v) is 6.83. The Kier molecular flexibility index (Phi) is 6.83. The van der Waals surface area contributed by atoms with E-state index >= 15 is 0 Å². The SMILES string of the molecule is CCOc1ccc(NC(=S)NC[C@@H](c2cccs2)[NH+](C)C)cc1. The number of benzene rings is 1. The van der Waals surface area contributed by atoms with Crippen LogP contribution in [-0.2, 0) is 0 Å². The van der Waals surface area contributed by atoms with Gasteiger partial charge in [-0.1, -0.05) is 6.07 Å². The summed E-state index contributed by atoms with van der Waals surface area (Å²) in [6.45, 7) is 3.44. The Labute approximate surface area is 147 Å². The average molecular weight is 351 g/mol. The van der Waals surface area contributed by atoms with E-state index in [1.165, 1.54) is 9.78 Å². The summed E-state index contributed by atoms with van der Waals surface area (Å²) in [5, 5.41) is 9.27. The third kappa shape index (κ3) is 5.49. The number of rotatable bonds is 7. The second kappa shape index (κ2) is 8.86. The quantitative estimate of drug-likeness (QED) is 0.670. The van der Waals surface area contributed by atoms with Crippen molar-refractivity contribution >= 4 is 34.4 Å². The van der Waals surface area contributed by atoms with Gasteiger partial charge in [-0.05, 0) is 54.9 Å². The number of anilines is 1. The van der Waals surface area contributed by atoms with Crippen LogP contribution in [0.3, 0.4) is 0 Å². The van der Waals surface area contributed by atoms with E-state index in [1.54, 1.807) is 11.3 Å². The van der Waals surface area contributed by atoms with E-state index in [4.69, 9.17) is 17.0 Å². The molecule has 4 nitrogen and oxygen atoms in total. The van der Waals surface area contributed by atoms with Crippen molar-refractivity contribution in [2.24, 2.45) is 0 Å². The lowest BCUT2D eigenvalue weighted by Crippen LogP contribution is -3.06. The van der Waals surface area contributed by atoms with E-state index in [0.717, 1.165) is 18.0 Å². The zero-order chi connectivity index (χ0) is 16.7. The summed E-state index contributed by atoms with van der Waals surface area (Å²) >= 11 is 7.18. The van der Waals surface area contributed by atoms with Gasteiger partial charge < -0.3 is 20.3 Å². The maximum atomic E-state index is 5.43. The Morgan fingerprint density at radius 3 is 2.57 bits per heavy atom. The highest BCUT2D eigenvalue weighted by Crippen LogP contribution is 2.17. The van der Waals surface area contributed by atoms with Crippen LogP contribution in [0.2, 0.25) is 0 Å². The first-order valence-electron chi connectivity index (χ1n) is 7.71. The molecule has 0 aliphatic heterocycles. The molecule has 0 aliphatic carbocycles. The van der Waals surface area contributed by atoms with Crippen LogP contribution in [0.1, 0.15) is 17.8 Å². The van der Waals surface area contributed by atoms with Gasteiger partial charge in [0.25, 0.3) is 0 Å². The van der Waals surface area contributed by atoms with Gasteiger partial charge in [0.1, 0.15) is 11.8 Å². The van der Waals surface area contributed by atoms with Crippen LogP contribution >= 0.6 is 23.6 Å². The van der Waals surface area contributed by atoms with Gasteiger partial charge in [-0.2, -0.15) is 0 Å². The highest BCUT2D eigenvalue weighted by molar-refractivity contribution is 7.80. The molecule has 0 bridgehead atoms. The Morgan fingerprint density at radius 1 is 1.26 bits per heavy atom. The molecule has 2 rings (SSSR count). The van der Waals surface area contributed by atoms with Gasteiger partial charge in [0.05, 0.1) is 32.1 Å². The first kappa shape index (κ1) is 17.7. The number of nitrogens with one attached hydrogen (secondary N) is 3. The molecule has 0 radical (unpaired) electrons. The number of hydrogen-bond donors (Lipinski definition) is 3. The molecular formula is C17H24N3OS2+. The van der Waals surface area contributed by atoms with E-state index in [0.29, 0.717) is 17.8 Å². The fourth-order valence-electron chi connectivity index (χ4n) is 2.25. The Morgan fingerprint density at radius 2 is 2.00 bits per heavy atom. The molecule has 1 heterocycles. The summed E-state index contributed by atoms with van der Waals surface area (Å²) in [4.78, 5) is 2.74. The van der Waals surface area contributed by atoms with Crippen LogP contribution in [0.25, 0.3) is 0 Å². The van der Waals surface area contributed by atoms with E-state index in [1.807, 2.05) is 31.2 Å². The zero-order valence-corrected chi connectivity index (χ0v) is 15.4. The van der Waals surface area contributed by atoms with Crippen molar-refractivity contribution in [3.63, 3.8) is 0 Å². The van der Waals surface area contributed by atoms with Crippen LogP contribution in [0.15, 0.2) is 41.8 Å². The van der Waals surface area contributed by atoms with Crippen LogP contribution in [-0.4, -0.2) is 32.4 Å². The van der Waals surface area contributed by atoms with Gasteiger partial charge in [-0.3, -0.25) is 0 Å². The van der Waals surface area contributed by atoms with Gasteiger partial charge in [0.15, 0.2) is 5.11 Å². The van der Waals surface area contributed by atoms with Crippen LogP contribution in [0.4, 0.5) is 5.69 Å². The average Bonchev–Trinajstić information content (AvgIpc) is 3.03. The van der Waals surface area contributed by atoms with Crippen molar-refractivity contribution in [2.45, 2.75) is 13.0 Å². The minimum atomic E-state index is 0.384. The smallest absolute Gasteiger partial charge is 0.171 e. The number of hydrogen-bond acceptors (Lipinski definition) is 3. The Hall–Kier alpha value is -1.63. The molecule has 6 heteroatoms. The standard InChI is InChI=1S/C17H23N3OS2/c1-4-21-14-9-7-13(8-10-14)19-17(22)18-12-15(20(2)3)16-6-5-11-23-16/h5-11,15H,4,12H2,1-3H3,(H2,18,19,22)/p+1/t15-/m0/s1. The molecule has 0 aliphatic rings. The van der Waals surface area contributed by atoms with E-state index in [-0.39, 0.29) is 0 Å². The molecule has 0 saturated heterocycles. The summed E-state index contributed by atoms with van der Waals surface area (Å²) in [6, 6.07) is 12.5. The molecule has 23 heavy (non-hydrogen) atoms. The monoisotopic (exact) mass is 350 g/mol. The van der Waals surface area contributed by atoms with Crippen LogP contribution in [0, 0.1) is 0 Å². The minimum Gasteiger partial charge on any atom is -0.494 e. The summed E-state index contributed by atoms with van der Waals surface area (Å²) in [5.74, 6) is 0.867. The fourth-order valence-corrected chi connectivity index (χ4v) is 3.41. The van der Waals surface area contributed by atoms with E-state index < -0.39 is 0 Å². The summed E-state index contributed by atoms with van der Waals surface area (Å²) in [5.41, 5.74) is 0.954. The summed E-state index contributed by atoms with van der Waals surface area (Å²) in [6.07, 6.45) is 0. The highest BCUT2D eigenvalue weighted by atomic mass is 32.1. The number of quaternary nitrogens is 1. The van der Waals surface area contributed by atoms with Crippen LogP contribution < -0.4 is 20.3 Å². The molecule has 1 aromatic carbocycles. The lowest BCUT2D eigenvalue weighted by atomic mass is 10.2. The third-order valence-corrected chi connectivity index (χ3v) is 4.71. The normalized spacial score (nSPS) is 12.0. The minimum absolute atomic E-state index is 0.384. The van der Waals surface area contributed by atoms with Crippen molar-refractivity contribution in [1.29, 1.82) is 0 Å². The molecule has 1 aromatic heterocycles. The predicted molar refractivity (Wildman–Crippen MR) is 102 cm³/mol. The molecule has 2 aromatic rings. The maximum Gasteiger partial charge on any atom is 0.171 e. The van der Waals surface area contributed by atoms with Crippen molar-refractivity contribution in [3.05, 3.63) is 46.7 Å². The number of thiophene rings is 1. The molecule has 1 atom stereocenters. The second-order valence-electron chi connectivity index (χ2n) is 5.44. The molecular weight excluding hydrogens is 326 g/mol. The van der Waals surface area contributed by atoms with Gasteiger partial charge in [0, 0.05) is 5.69 Å². The van der Waals surface area contributed by atoms with Crippen molar-refractivity contribution in [2.75, 3.05) is 32.6 Å². The summed E-state index contributed by atoms with van der Waals surface area (Å²) < 4.78 is 5.43. The lowest BCUT2D eigenvalue weighted by molar-refractivity contribution is -0.890. The van der Waals surface area contributed by atoms with Crippen molar-refractivity contribution in [1.82, 2.24) is 5.32 Å². The van der Waals surface area contributed by atoms with E-state index in [9.17, 15) is 0 Å². The van der Waals surface area contributed by atoms with Gasteiger partial charge >= 0.3 is 0 Å². The predicted octanol–water partition coefficient (Wildman–Crippen LogP) is 2.32. The molecule has 0 amide bonds.